The molecule has 0 bridgehead atoms. The van der Waals surface area contributed by atoms with E-state index < -0.39 is 0 Å². The first-order chi connectivity index (χ1) is 8.09. The zero-order valence-corrected chi connectivity index (χ0v) is 10.9. The average Bonchev–Trinajstić information content (AvgIpc) is 2.27. The van der Waals surface area contributed by atoms with E-state index in [1.165, 1.54) is 10.8 Å². The van der Waals surface area contributed by atoms with Crippen LogP contribution in [0.2, 0.25) is 0 Å². The number of hydrogen-bond donors (Lipinski definition) is 1. The van der Waals surface area contributed by atoms with E-state index in [1.807, 2.05) is 31.3 Å². The normalized spacial score (nSPS) is 10.9. The van der Waals surface area contributed by atoms with Crippen LogP contribution in [0.1, 0.15) is 13.8 Å². The Hall–Kier alpha value is -1.77. The smallest absolute Gasteiger partial charge is 0.137 e. The van der Waals surface area contributed by atoms with E-state index >= 15 is 0 Å². The fourth-order valence-electron chi connectivity index (χ4n) is 1.98. The van der Waals surface area contributed by atoms with Gasteiger partial charge in [-0.3, -0.25) is 0 Å². The SMILES string of the molecule is CC(C)Nc1cccc2ccnc(N(C)C)c12. The number of pyridine rings is 1. The van der Waals surface area contributed by atoms with E-state index in [1.54, 1.807) is 0 Å². The molecule has 1 N–H and O–H groups in total. The van der Waals surface area contributed by atoms with Crippen LogP contribution in [0.4, 0.5) is 11.5 Å². The van der Waals surface area contributed by atoms with Crippen molar-refractivity contribution in [2.75, 3.05) is 24.3 Å². The Kier molecular flexibility index (Phi) is 3.18. The molecule has 3 nitrogen and oxygen atoms in total. The Labute approximate surface area is 102 Å². The van der Waals surface area contributed by atoms with Crippen molar-refractivity contribution >= 4 is 22.3 Å². The zero-order valence-electron chi connectivity index (χ0n) is 10.9. The van der Waals surface area contributed by atoms with Crippen LogP contribution >= 0.6 is 0 Å². The number of aromatic nitrogens is 1. The molecule has 1 aromatic heterocycles. The third-order valence-electron chi connectivity index (χ3n) is 2.64. The third kappa shape index (κ3) is 2.33. The van der Waals surface area contributed by atoms with Crippen molar-refractivity contribution in [3.8, 4) is 0 Å². The van der Waals surface area contributed by atoms with Gasteiger partial charge in [-0.1, -0.05) is 12.1 Å². The molecule has 1 heterocycles. The van der Waals surface area contributed by atoms with Crippen molar-refractivity contribution in [1.29, 1.82) is 0 Å². The minimum Gasteiger partial charge on any atom is -0.382 e. The summed E-state index contributed by atoms with van der Waals surface area (Å²) in [7, 11) is 4.04. The molecule has 2 aromatic rings. The standard InChI is InChI=1S/C14H19N3/c1-10(2)16-12-7-5-6-11-8-9-15-14(13(11)12)17(3)4/h5-10,16H,1-4H3. The predicted octanol–water partition coefficient (Wildman–Crippen LogP) is 3.12. The van der Waals surface area contributed by atoms with Gasteiger partial charge in [0.05, 0.1) is 0 Å². The van der Waals surface area contributed by atoms with Gasteiger partial charge in [0.1, 0.15) is 5.82 Å². The van der Waals surface area contributed by atoms with Gasteiger partial charge in [0, 0.05) is 37.4 Å². The minimum atomic E-state index is 0.413. The number of hydrogen-bond acceptors (Lipinski definition) is 3. The largest absolute Gasteiger partial charge is 0.382 e. The van der Waals surface area contributed by atoms with Crippen LogP contribution in [-0.2, 0) is 0 Å². The van der Waals surface area contributed by atoms with Crippen molar-refractivity contribution in [2.45, 2.75) is 19.9 Å². The van der Waals surface area contributed by atoms with Gasteiger partial charge in [-0.15, -0.1) is 0 Å². The Balaban J connectivity index is 2.67. The summed E-state index contributed by atoms with van der Waals surface area (Å²) in [4.78, 5) is 6.51. The molecule has 0 fully saturated rings. The number of rotatable bonds is 3. The molecule has 0 amide bonds. The quantitative estimate of drug-likeness (QED) is 0.876. The Morgan fingerprint density at radius 1 is 1.18 bits per heavy atom. The van der Waals surface area contributed by atoms with Gasteiger partial charge < -0.3 is 10.2 Å². The highest BCUT2D eigenvalue weighted by Crippen LogP contribution is 2.30. The molecule has 0 spiro atoms. The molecular formula is C14H19N3. The maximum absolute atomic E-state index is 4.46. The molecule has 0 saturated heterocycles. The van der Waals surface area contributed by atoms with Crippen molar-refractivity contribution in [3.63, 3.8) is 0 Å². The topological polar surface area (TPSA) is 28.2 Å². The van der Waals surface area contributed by atoms with Crippen LogP contribution < -0.4 is 10.2 Å². The first kappa shape index (κ1) is 11.7. The van der Waals surface area contributed by atoms with Crippen LogP contribution in [0.5, 0.6) is 0 Å². The van der Waals surface area contributed by atoms with Gasteiger partial charge in [0.2, 0.25) is 0 Å². The molecule has 2 rings (SSSR count). The molecule has 0 saturated carbocycles. The lowest BCUT2D eigenvalue weighted by Crippen LogP contribution is -2.14. The van der Waals surface area contributed by atoms with E-state index in [0.29, 0.717) is 6.04 Å². The first-order valence-electron chi connectivity index (χ1n) is 5.91. The molecule has 0 atom stereocenters. The summed E-state index contributed by atoms with van der Waals surface area (Å²) in [5.41, 5.74) is 1.15. The summed E-state index contributed by atoms with van der Waals surface area (Å²) in [6.45, 7) is 4.29. The second-order valence-electron chi connectivity index (χ2n) is 4.73. The van der Waals surface area contributed by atoms with E-state index in [9.17, 15) is 0 Å². The van der Waals surface area contributed by atoms with E-state index in [2.05, 4.69) is 42.3 Å². The maximum Gasteiger partial charge on any atom is 0.137 e. The monoisotopic (exact) mass is 229 g/mol. The molecule has 3 heteroatoms. The number of nitrogens with one attached hydrogen (secondary N) is 1. The molecule has 90 valence electrons. The Morgan fingerprint density at radius 3 is 2.59 bits per heavy atom. The molecule has 0 aliphatic heterocycles. The Bertz CT molecular complexity index is 513. The second kappa shape index (κ2) is 4.62. The van der Waals surface area contributed by atoms with E-state index in [4.69, 9.17) is 0 Å². The van der Waals surface area contributed by atoms with E-state index in [0.717, 1.165) is 11.5 Å². The molecule has 0 aliphatic rings. The summed E-state index contributed by atoms with van der Waals surface area (Å²) in [5, 5.41) is 5.88. The lowest BCUT2D eigenvalue weighted by Gasteiger charge is -2.18. The number of benzene rings is 1. The lowest BCUT2D eigenvalue weighted by atomic mass is 10.1. The van der Waals surface area contributed by atoms with Gasteiger partial charge in [-0.25, -0.2) is 4.98 Å². The van der Waals surface area contributed by atoms with Gasteiger partial charge in [-0.2, -0.15) is 0 Å². The molecule has 0 aliphatic carbocycles. The fraction of sp³-hybridized carbons (Fsp3) is 0.357. The summed E-state index contributed by atoms with van der Waals surface area (Å²) < 4.78 is 0. The summed E-state index contributed by atoms with van der Waals surface area (Å²) in [6.07, 6.45) is 1.86. The molecule has 0 unspecified atom stereocenters. The van der Waals surface area contributed by atoms with Crippen LogP contribution in [0, 0.1) is 0 Å². The molecule has 1 aromatic carbocycles. The van der Waals surface area contributed by atoms with Crippen molar-refractivity contribution in [2.24, 2.45) is 0 Å². The van der Waals surface area contributed by atoms with Crippen molar-refractivity contribution < 1.29 is 0 Å². The van der Waals surface area contributed by atoms with Crippen molar-refractivity contribution in [1.82, 2.24) is 4.98 Å². The van der Waals surface area contributed by atoms with Gasteiger partial charge >= 0.3 is 0 Å². The fourth-order valence-corrected chi connectivity index (χ4v) is 1.98. The Morgan fingerprint density at radius 2 is 1.94 bits per heavy atom. The molecule has 0 radical (unpaired) electrons. The van der Waals surface area contributed by atoms with Gasteiger partial charge in [0.15, 0.2) is 0 Å². The van der Waals surface area contributed by atoms with Crippen LogP contribution in [-0.4, -0.2) is 25.1 Å². The minimum absolute atomic E-state index is 0.413. The second-order valence-corrected chi connectivity index (χ2v) is 4.73. The highest BCUT2D eigenvalue weighted by Gasteiger charge is 2.09. The van der Waals surface area contributed by atoms with Gasteiger partial charge in [-0.05, 0) is 31.4 Å². The molecule has 17 heavy (non-hydrogen) atoms. The average molecular weight is 229 g/mol. The lowest BCUT2D eigenvalue weighted by molar-refractivity contribution is 0.901. The summed E-state index contributed by atoms with van der Waals surface area (Å²) in [5.74, 6) is 1.01. The highest BCUT2D eigenvalue weighted by molar-refractivity contribution is 6.01. The number of nitrogens with zero attached hydrogens (tertiary/aromatic N) is 2. The summed E-state index contributed by atoms with van der Waals surface area (Å²) in [6, 6.07) is 8.77. The van der Waals surface area contributed by atoms with Crippen molar-refractivity contribution in [3.05, 3.63) is 30.5 Å². The summed E-state index contributed by atoms with van der Waals surface area (Å²) >= 11 is 0. The first-order valence-corrected chi connectivity index (χ1v) is 5.91. The van der Waals surface area contributed by atoms with Crippen LogP contribution in [0.3, 0.4) is 0 Å². The molecular weight excluding hydrogens is 210 g/mol. The van der Waals surface area contributed by atoms with Gasteiger partial charge in [0.25, 0.3) is 0 Å². The number of anilines is 2. The zero-order chi connectivity index (χ0) is 12.4. The third-order valence-corrected chi connectivity index (χ3v) is 2.64. The maximum atomic E-state index is 4.46. The predicted molar refractivity (Wildman–Crippen MR) is 74.8 cm³/mol. The van der Waals surface area contributed by atoms with Crippen LogP contribution in [0.15, 0.2) is 30.5 Å². The highest BCUT2D eigenvalue weighted by atomic mass is 15.1. The number of fused-ring (bicyclic) bond motifs is 1. The van der Waals surface area contributed by atoms with E-state index in [-0.39, 0.29) is 0 Å². The van der Waals surface area contributed by atoms with Crippen LogP contribution in [0.25, 0.3) is 10.8 Å².